The van der Waals surface area contributed by atoms with Crippen molar-refractivity contribution in [2.24, 2.45) is 5.92 Å². The number of hydrogen-bond acceptors (Lipinski definition) is 3. The third kappa shape index (κ3) is 6.20. The number of benzene rings is 1. The molecule has 0 aliphatic carbocycles. The molecule has 0 spiro atoms. The molecule has 1 aromatic carbocycles. The summed E-state index contributed by atoms with van der Waals surface area (Å²) in [5.41, 5.74) is 1.09. The van der Waals surface area contributed by atoms with E-state index in [9.17, 15) is 9.59 Å². The van der Waals surface area contributed by atoms with Crippen LogP contribution in [0.5, 0.6) is 0 Å². The second-order valence-electron chi connectivity index (χ2n) is 8.62. The molecule has 2 aliphatic heterocycles. The quantitative estimate of drug-likeness (QED) is 0.730. The lowest BCUT2D eigenvalue weighted by atomic mass is 10.1. The number of rotatable bonds is 8. The van der Waals surface area contributed by atoms with Crippen LogP contribution in [0.4, 0.5) is 4.79 Å². The first kappa shape index (κ1) is 21.6. The van der Waals surface area contributed by atoms with Crippen molar-refractivity contribution in [2.75, 3.05) is 39.3 Å². The van der Waals surface area contributed by atoms with E-state index in [2.05, 4.69) is 10.2 Å². The van der Waals surface area contributed by atoms with E-state index in [1.807, 2.05) is 54.0 Å². The Kier molecular flexibility index (Phi) is 7.92. The van der Waals surface area contributed by atoms with Crippen molar-refractivity contribution in [2.45, 2.75) is 52.1 Å². The Hall–Kier alpha value is -2.08. The van der Waals surface area contributed by atoms with Crippen LogP contribution in [0, 0.1) is 5.92 Å². The summed E-state index contributed by atoms with van der Waals surface area (Å²) in [6.45, 7) is 10.0. The summed E-state index contributed by atoms with van der Waals surface area (Å²) < 4.78 is 0. The molecule has 0 bridgehead atoms. The van der Waals surface area contributed by atoms with Crippen molar-refractivity contribution in [3.8, 4) is 0 Å². The van der Waals surface area contributed by atoms with Crippen molar-refractivity contribution in [1.29, 1.82) is 0 Å². The first-order chi connectivity index (χ1) is 14.0. The van der Waals surface area contributed by atoms with Crippen LogP contribution in [0.3, 0.4) is 0 Å². The second-order valence-corrected chi connectivity index (χ2v) is 8.62. The average Bonchev–Trinajstić information content (AvgIpc) is 3.42. The molecule has 2 saturated heterocycles. The number of nitrogens with one attached hydrogen (secondary N) is 1. The van der Waals surface area contributed by atoms with E-state index in [1.165, 1.54) is 25.9 Å². The highest BCUT2D eigenvalue weighted by Gasteiger charge is 2.33. The highest BCUT2D eigenvalue weighted by atomic mass is 16.2. The molecule has 3 rings (SSSR count). The molecule has 2 aliphatic rings. The molecule has 0 radical (unpaired) electrons. The summed E-state index contributed by atoms with van der Waals surface area (Å²) in [5.74, 6) is 0.200. The van der Waals surface area contributed by atoms with Gasteiger partial charge in [0.05, 0.1) is 6.04 Å². The van der Waals surface area contributed by atoms with E-state index in [-0.39, 0.29) is 23.9 Å². The van der Waals surface area contributed by atoms with E-state index < -0.39 is 0 Å². The predicted octanol–water partition coefficient (Wildman–Crippen LogP) is 2.94. The molecular weight excluding hydrogens is 364 g/mol. The van der Waals surface area contributed by atoms with Crippen LogP contribution >= 0.6 is 0 Å². The van der Waals surface area contributed by atoms with Crippen LogP contribution < -0.4 is 5.32 Å². The molecule has 3 amide bonds. The summed E-state index contributed by atoms with van der Waals surface area (Å²) >= 11 is 0. The fourth-order valence-electron chi connectivity index (χ4n) is 4.34. The second kappa shape index (κ2) is 10.6. The van der Waals surface area contributed by atoms with Crippen molar-refractivity contribution >= 4 is 11.9 Å². The normalized spacial score (nSPS) is 19.7. The van der Waals surface area contributed by atoms with Gasteiger partial charge in [0.25, 0.3) is 0 Å². The number of carbonyl (C=O) groups is 2. The number of carbonyl (C=O) groups excluding carboxylic acids is 2. The summed E-state index contributed by atoms with van der Waals surface area (Å²) in [5, 5.41) is 3.01. The number of hydrogen-bond donors (Lipinski definition) is 1. The average molecular weight is 401 g/mol. The molecule has 0 aromatic heterocycles. The van der Waals surface area contributed by atoms with Crippen LogP contribution in [-0.4, -0.2) is 71.9 Å². The van der Waals surface area contributed by atoms with Crippen molar-refractivity contribution in [3.63, 3.8) is 0 Å². The van der Waals surface area contributed by atoms with Crippen molar-refractivity contribution in [3.05, 3.63) is 35.9 Å². The highest BCUT2D eigenvalue weighted by molar-refractivity contribution is 5.79. The molecular formula is C23H36N4O2. The van der Waals surface area contributed by atoms with Gasteiger partial charge in [-0.3, -0.25) is 4.79 Å². The molecule has 29 heavy (non-hydrogen) atoms. The summed E-state index contributed by atoms with van der Waals surface area (Å²) in [6.07, 6.45) is 4.46. The first-order valence-corrected chi connectivity index (χ1v) is 11.1. The zero-order valence-corrected chi connectivity index (χ0v) is 18.0. The summed E-state index contributed by atoms with van der Waals surface area (Å²) in [4.78, 5) is 31.8. The van der Waals surface area contributed by atoms with Gasteiger partial charge in [0.15, 0.2) is 0 Å². The number of urea groups is 1. The molecule has 1 atom stereocenters. The zero-order valence-electron chi connectivity index (χ0n) is 18.0. The van der Waals surface area contributed by atoms with Crippen molar-refractivity contribution < 1.29 is 9.59 Å². The van der Waals surface area contributed by atoms with Crippen LogP contribution in [0.1, 0.15) is 45.1 Å². The van der Waals surface area contributed by atoms with Crippen LogP contribution in [0.15, 0.2) is 30.3 Å². The molecule has 2 heterocycles. The van der Waals surface area contributed by atoms with Gasteiger partial charge in [-0.25, -0.2) is 4.79 Å². The Morgan fingerprint density at radius 2 is 1.86 bits per heavy atom. The third-order valence-electron chi connectivity index (χ3n) is 6.03. The highest BCUT2D eigenvalue weighted by Crippen LogP contribution is 2.19. The molecule has 2 fully saturated rings. The molecule has 6 heteroatoms. The predicted molar refractivity (Wildman–Crippen MR) is 115 cm³/mol. The summed E-state index contributed by atoms with van der Waals surface area (Å²) in [7, 11) is 0. The minimum atomic E-state index is -0.0367. The summed E-state index contributed by atoms with van der Waals surface area (Å²) in [6, 6.07) is 10.0. The fourth-order valence-corrected chi connectivity index (χ4v) is 4.34. The van der Waals surface area contributed by atoms with Gasteiger partial charge < -0.3 is 20.0 Å². The van der Waals surface area contributed by atoms with E-state index in [0.29, 0.717) is 19.6 Å². The number of nitrogens with zero attached hydrogens (tertiary/aromatic N) is 3. The number of amides is 3. The molecule has 1 N–H and O–H groups in total. The van der Waals surface area contributed by atoms with Gasteiger partial charge >= 0.3 is 6.03 Å². The molecule has 0 saturated carbocycles. The van der Waals surface area contributed by atoms with Gasteiger partial charge in [-0.1, -0.05) is 44.2 Å². The molecule has 1 aromatic rings. The van der Waals surface area contributed by atoms with Gasteiger partial charge in [0.2, 0.25) is 5.91 Å². The molecule has 6 nitrogen and oxygen atoms in total. The Bertz CT molecular complexity index is 658. The zero-order chi connectivity index (χ0) is 20.6. The van der Waals surface area contributed by atoms with E-state index in [0.717, 1.165) is 31.5 Å². The Labute approximate surface area is 175 Å². The van der Waals surface area contributed by atoms with Crippen LogP contribution in [0.25, 0.3) is 0 Å². The third-order valence-corrected chi connectivity index (χ3v) is 6.03. The van der Waals surface area contributed by atoms with Gasteiger partial charge in [-0.2, -0.15) is 0 Å². The standard InChI is InChI=1S/C23H36N4O2/c1-19(2)22(28)27(15-8-14-25-12-6-7-13-25)21-11-16-26(18-21)23(29)24-17-20-9-4-3-5-10-20/h3-5,9-10,19,21H,6-8,11-18H2,1-2H3,(H,24,29). The Balaban J connectivity index is 1.50. The van der Waals surface area contributed by atoms with Crippen LogP contribution in [0.2, 0.25) is 0 Å². The number of likely N-dealkylation sites (tertiary alicyclic amines) is 2. The fraction of sp³-hybridized carbons (Fsp3) is 0.652. The monoisotopic (exact) mass is 400 g/mol. The lowest BCUT2D eigenvalue weighted by Gasteiger charge is -2.31. The molecule has 1 unspecified atom stereocenters. The first-order valence-electron chi connectivity index (χ1n) is 11.1. The minimum Gasteiger partial charge on any atom is -0.338 e. The molecule has 160 valence electrons. The maximum atomic E-state index is 12.8. The minimum absolute atomic E-state index is 0.0113. The van der Waals surface area contributed by atoms with E-state index in [1.54, 1.807) is 0 Å². The Morgan fingerprint density at radius 3 is 2.55 bits per heavy atom. The van der Waals surface area contributed by atoms with Gasteiger partial charge in [0, 0.05) is 32.1 Å². The largest absolute Gasteiger partial charge is 0.338 e. The van der Waals surface area contributed by atoms with Gasteiger partial charge in [0.1, 0.15) is 0 Å². The smallest absolute Gasteiger partial charge is 0.317 e. The van der Waals surface area contributed by atoms with Crippen molar-refractivity contribution in [1.82, 2.24) is 20.0 Å². The van der Waals surface area contributed by atoms with Crippen LogP contribution in [-0.2, 0) is 11.3 Å². The van der Waals surface area contributed by atoms with Gasteiger partial charge in [-0.05, 0) is 50.9 Å². The maximum Gasteiger partial charge on any atom is 0.317 e. The lowest BCUT2D eigenvalue weighted by molar-refractivity contribution is -0.136. The van der Waals surface area contributed by atoms with E-state index >= 15 is 0 Å². The Morgan fingerprint density at radius 1 is 1.14 bits per heavy atom. The topological polar surface area (TPSA) is 55.9 Å². The lowest BCUT2D eigenvalue weighted by Crippen LogP contribution is -2.46. The van der Waals surface area contributed by atoms with E-state index in [4.69, 9.17) is 0 Å². The SMILES string of the molecule is CC(C)C(=O)N(CCCN1CCCC1)C1CCN(C(=O)NCc2ccccc2)C1. The maximum absolute atomic E-state index is 12.8. The van der Waals surface area contributed by atoms with Gasteiger partial charge in [-0.15, -0.1) is 0 Å².